The molecule has 4 aromatic rings. The molecular weight excluding hydrogens is 636 g/mol. The first-order valence-electron chi connectivity index (χ1n) is 19.2. The van der Waals surface area contributed by atoms with Crippen LogP contribution in [0.15, 0.2) is 79.4 Å². The summed E-state index contributed by atoms with van der Waals surface area (Å²) < 4.78 is 5.62. The summed E-state index contributed by atoms with van der Waals surface area (Å²) in [5.74, 6) is 2.80. The minimum absolute atomic E-state index is 0.0683. The van der Waals surface area contributed by atoms with Crippen molar-refractivity contribution in [3.05, 3.63) is 96.3 Å². The average Bonchev–Trinajstić information content (AvgIpc) is 3.20. The quantitative estimate of drug-likeness (QED) is 0.115. The lowest BCUT2D eigenvalue weighted by Crippen LogP contribution is -2.23. The molecule has 0 aliphatic heterocycles. The molecular formula is C43H62N4O4. The number of aryl methyl sites for hydroxylation is 1. The number of esters is 1. The molecule has 8 heteroatoms. The van der Waals surface area contributed by atoms with Gasteiger partial charge in [0.05, 0.1) is 5.56 Å². The second kappa shape index (κ2) is 24.2. The highest BCUT2D eigenvalue weighted by atomic mass is 17.1. The standard InChI is InChI=1S/C19H22N2O2.C18H22N2O2.3C2H6/c1-13-3-9-17(10-4-13)23-19(22)16-7-5-15(6-8-16)18-20-11-14(2)12-21-18;1-13-7-9-15(10-8-13)17(22-21)18-19-11-16(12-20-18)14-5-3-2-4-6-14;3*1-2/h5-8,11-13,17H,3-4,9-10H2,1-2H3;2-6,11-13,15,17,21H,7-10H2,1H3;3*1-2H3. The Balaban J connectivity index is 0.000000309. The second-order valence-corrected chi connectivity index (χ2v) is 12.7. The van der Waals surface area contributed by atoms with Gasteiger partial charge in [-0.3, -0.25) is 5.26 Å². The van der Waals surface area contributed by atoms with Crippen molar-refractivity contribution in [2.45, 2.75) is 126 Å². The Labute approximate surface area is 307 Å². The van der Waals surface area contributed by atoms with E-state index in [4.69, 9.17) is 9.62 Å². The molecule has 2 aliphatic carbocycles. The number of nitrogens with zero attached hydrogens (tertiary/aromatic N) is 4. The number of rotatable bonds is 7. The Morgan fingerprint density at radius 2 is 1.16 bits per heavy atom. The van der Waals surface area contributed by atoms with Crippen LogP contribution in [0.5, 0.6) is 0 Å². The molecule has 2 aromatic heterocycles. The molecule has 2 fully saturated rings. The molecule has 2 aromatic carbocycles. The first kappa shape index (κ1) is 43.2. The van der Waals surface area contributed by atoms with Crippen molar-refractivity contribution in [1.29, 1.82) is 0 Å². The van der Waals surface area contributed by atoms with Gasteiger partial charge in [0.15, 0.2) is 17.8 Å². The molecule has 0 saturated heterocycles. The number of benzene rings is 2. The van der Waals surface area contributed by atoms with E-state index in [0.717, 1.165) is 72.6 Å². The van der Waals surface area contributed by atoms with E-state index in [1.165, 1.54) is 12.8 Å². The van der Waals surface area contributed by atoms with Crippen LogP contribution in [-0.2, 0) is 9.62 Å². The molecule has 8 nitrogen and oxygen atoms in total. The number of carbonyl (C=O) groups is 1. The summed E-state index contributed by atoms with van der Waals surface area (Å²) in [6.45, 7) is 18.5. The van der Waals surface area contributed by atoms with Crippen LogP contribution < -0.4 is 0 Å². The van der Waals surface area contributed by atoms with Gasteiger partial charge in [0, 0.05) is 35.9 Å². The van der Waals surface area contributed by atoms with Gasteiger partial charge in [-0.05, 0) is 86.5 Å². The number of carbonyl (C=O) groups excluding carboxylic acids is 1. The van der Waals surface area contributed by atoms with Crippen molar-refractivity contribution in [2.75, 3.05) is 0 Å². The van der Waals surface area contributed by atoms with Crippen LogP contribution in [0.2, 0.25) is 0 Å². The molecule has 1 unspecified atom stereocenters. The Kier molecular flexibility index (Phi) is 20.5. The fourth-order valence-corrected chi connectivity index (χ4v) is 6.06. The fourth-order valence-electron chi connectivity index (χ4n) is 6.06. The summed E-state index contributed by atoms with van der Waals surface area (Å²) in [6, 6.07) is 17.3. The predicted molar refractivity (Wildman–Crippen MR) is 208 cm³/mol. The number of ether oxygens (including phenoxy) is 1. The molecule has 278 valence electrons. The topological polar surface area (TPSA) is 107 Å². The maximum atomic E-state index is 12.2. The first-order valence-corrected chi connectivity index (χ1v) is 19.2. The minimum atomic E-state index is -0.419. The summed E-state index contributed by atoms with van der Waals surface area (Å²) in [5.41, 5.74) is 4.56. The van der Waals surface area contributed by atoms with E-state index in [2.05, 4.69) is 33.8 Å². The molecule has 0 radical (unpaired) electrons. The molecule has 2 heterocycles. The monoisotopic (exact) mass is 698 g/mol. The van der Waals surface area contributed by atoms with Crippen LogP contribution in [0.4, 0.5) is 0 Å². The zero-order valence-corrected chi connectivity index (χ0v) is 32.5. The van der Waals surface area contributed by atoms with E-state index in [1.54, 1.807) is 36.9 Å². The van der Waals surface area contributed by atoms with Crippen LogP contribution in [0.25, 0.3) is 22.5 Å². The largest absolute Gasteiger partial charge is 0.459 e. The van der Waals surface area contributed by atoms with Gasteiger partial charge in [0.2, 0.25) is 0 Å². The van der Waals surface area contributed by atoms with Crippen molar-refractivity contribution in [2.24, 2.45) is 17.8 Å². The molecule has 1 atom stereocenters. The molecule has 2 aliphatic rings. The van der Waals surface area contributed by atoms with E-state index in [1.807, 2.05) is 90.9 Å². The van der Waals surface area contributed by atoms with Gasteiger partial charge < -0.3 is 4.74 Å². The molecule has 0 amide bonds. The molecule has 6 rings (SSSR count). The lowest BCUT2D eigenvalue weighted by atomic mass is 9.80. The van der Waals surface area contributed by atoms with Crippen molar-refractivity contribution in [3.63, 3.8) is 0 Å². The lowest BCUT2D eigenvalue weighted by Gasteiger charge is -2.29. The summed E-state index contributed by atoms with van der Waals surface area (Å²) in [5, 5.41) is 9.30. The maximum absolute atomic E-state index is 12.2. The van der Waals surface area contributed by atoms with Gasteiger partial charge >= 0.3 is 5.97 Å². The van der Waals surface area contributed by atoms with Crippen LogP contribution in [0.1, 0.15) is 135 Å². The number of hydrogen-bond acceptors (Lipinski definition) is 8. The Morgan fingerprint density at radius 3 is 1.67 bits per heavy atom. The molecule has 51 heavy (non-hydrogen) atoms. The van der Waals surface area contributed by atoms with Gasteiger partial charge in [0.25, 0.3) is 0 Å². The smallest absolute Gasteiger partial charge is 0.338 e. The molecule has 1 N–H and O–H groups in total. The molecule has 0 bridgehead atoms. The second-order valence-electron chi connectivity index (χ2n) is 12.7. The van der Waals surface area contributed by atoms with Gasteiger partial charge in [-0.15, -0.1) is 0 Å². The van der Waals surface area contributed by atoms with Crippen LogP contribution in [-0.4, -0.2) is 37.3 Å². The summed E-state index contributed by atoms with van der Waals surface area (Å²) >= 11 is 0. The maximum Gasteiger partial charge on any atom is 0.338 e. The van der Waals surface area contributed by atoms with Gasteiger partial charge in [-0.2, -0.15) is 0 Å². The highest BCUT2D eigenvalue weighted by Crippen LogP contribution is 2.37. The first-order chi connectivity index (χ1) is 24.9. The van der Waals surface area contributed by atoms with Crippen molar-refractivity contribution in [3.8, 4) is 22.5 Å². The van der Waals surface area contributed by atoms with E-state index in [-0.39, 0.29) is 12.1 Å². The third-order valence-corrected chi connectivity index (χ3v) is 9.03. The Bertz CT molecular complexity index is 1470. The van der Waals surface area contributed by atoms with Crippen molar-refractivity contribution < 1.29 is 19.7 Å². The molecule has 2 saturated carbocycles. The summed E-state index contributed by atoms with van der Waals surface area (Å²) in [4.78, 5) is 34.4. The average molecular weight is 699 g/mol. The van der Waals surface area contributed by atoms with Crippen LogP contribution in [0, 0.1) is 24.7 Å². The van der Waals surface area contributed by atoms with E-state index < -0.39 is 6.10 Å². The number of hydrogen-bond donors (Lipinski definition) is 1. The van der Waals surface area contributed by atoms with Gasteiger partial charge in [-0.1, -0.05) is 111 Å². The zero-order valence-electron chi connectivity index (χ0n) is 32.5. The highest BCUT2D eigenvalue weighted by Gasteiger charge is 2.30. The summed E-state index contributed by atoms with van der Waals surface area (Å²) in [7, 11) is 0. The third kappa shape index (κ3) is 13.9. The van der Waals surface area contributed by atoms with Crippen molar-refractivity contribution in [1.82, 2.24) is 19.9 Å². The van der Waals surface area contributed by atoms with Crippen LogP contribution >= 0.6 is 0 Å². The Morgan fingerprint density at radius 1 is 0.647 bits per heavy atom. The van der Waals surface area contributed by atoms with Gasteiger partial charge in [0.1, 0.15) is 6.10 Å². The number of aromatic nitrogens is 4. The minimum Gasteiger partial charge on any atom is -0.459 e. The van der Waals surface area contributed by atoms with E-state index in [9.17, 15) is 10.1 Å². The SMILES string of the molecule is CC.CC.CC.CC1CCC(C(OO)c2ncc(-c3ccccc3)cn2)CC1.Cc1cnc(-c2ccc(C(=O)OC3CCC(C)CC3)cc2)nc1. The normalized spacial score (nSPS) is 19.8. The molecule has 0 spiro atoms. The van der Waals surface area contributed by atoms with Gasteiger partial charge in [-0.25, -0.2) is 29.6 Å². The van der Waals surface area contributed by atoms with E-state index in [0.29, 0.717) is 23.1 Å². The highest BCUT2D eigenvalue weighted by molar-refractivity contribution is 5.90. The predicted octanol–water partition coefficient (Wildman–Crippen LogP) is 11.8. The Hall–Kier alpha value is -4.01. The van der Waals surface area contributed by atoms with E-state index >= 15 is 0 Å². The zero-order chi connectivity index (χ0) is 37.6. The summed E-state index contributed by atoms with van der Waals surface area (Å²) in [6.07, 6.45) is 15.5. The third-order valence-electron chi connectivity index (χ3n) is 9.03. The van der Waals surface area contributed by atoms with Crippen molar-refractivity contribution >= 4 is 5.97 Å². The fraction of sp³-hybridized carbons (Fsp3) is 0.512. The lowest BCUT2D eigenvalue weighted by molar-refractivity contribution is -0.298. The van der Waals surface area contributed by atoms with Crippen LogP contribution in [0.3, 0.4) is 0 Å².